The largest absolute Gasteiger partial charge is 0.390 e. The van der Waals surface area contributed by atoms with E-state index in [2.05, 4.69) is 0 Å². The minimum atomic E-state index is -0.400. The first kappa shape index (κ1) is 24.5. The third-order valence-corrected chi connectivity index (χ3v) is 4.92. The second kappa shape index (κ2) is 19.8. The van der Waals surface area contributed by atoms with Crippen LogP contribution >= 0.6 is 23.5 Å². The second-order valence-electron chi connectivity index (χ2n) is 5.00. The number of ether oxygens (including phenoxy) is 4. The summed E-state index contributed by atoms with van der Waals surface area (Å²) in [5, 5.41) is 19.1. The van der Waals surface area contributed by atoms with Crippen molar-refractivity contribution in [2.45, 2.75) is 26.1 Å². The van der Waals surface area contributed by atoms with Crippen molar-refractivity contribution in [3.05, 3.63) is 0 Å². The van der Waals surface area contributed by atoms with Crippen LogP contribution in [0.5, 0.6) is 0 Å². The molecule has 0 rings (SSSR count). The van der Waals surface area contributed by atoms with Crippen molar-refractivity contribution in [2.75, 3.05) is 75.9 Å². The third kappa shape index (κ3) is 18.8. The van der Waals surface area contributed by atoms with Gasteiger partial charge in [-0.15, -0.1) is 0 Å². The van der Waals surface area contributed by atoms with Gasteiger partial charge >= 0.3 is 0 Å². The molecule has 0 aliphatic rings. The normalized spacial score (nSPS) is 14.0. The number of aliphatic hydroxyl groups excluding tert-OH is 2. The molecule has 6 nitrogen and oxygen atoms in total. The van der Waals surface area contributed by atoms with Gasteiger partial charge in [0.15, 0.2) is 0 Å². The van der Waals surface area contributed by atoms with Gasteiger partial charge in [-0.25, -0.2) is 0 Å². The summed E-state index contributed by atoms with van der Waals surface area (Å²) in [6.45, 7) is 8.40. The fourth-order valence-corrected chi connectivity index (χ4v) is 3.14. The van der Waals surface area contributed by atoms with E-state index in [1.54, 1.807) is 23.5 Å². The van der Waals surface area contributed by atoms with Crippen LogP contribution in [0.15, 0.2) is 0 Å². The Morgan fingerprint density at radius 1 is 0.667 bits per heavy atom. The quantitative estimate of drug-likeness (QED) is 0.322. The van der Waals surface area contributed by atoms with E-state index in [0.717, 1.165) is 11.5 Å². The zero-order valence-corrected chi connectivity index (χ0v) is 16.6. The molecule has 0 saturated heterocycles. The molecule has 0 aliphatic heterocycles. The van der Waals surface area contributed by atoms with Gasteiger partial charge in [0.2, 0.25) is 0 Å². The van der Waals surface area contributed by atoms with Crippen molar-refractivity contribution < 1.29 is 29.2 Å². The molecule has 0 aromatic heterocycles. The van der Waals surface area contributed by atoms with E-state index in [1.807, 2.05) is 13.8 Å². The maximum absolute atomic E-state index is 9.57. The first-order valence-electron chi connectivity index (χ1n) is 8.53. The van der Waals surface area contributed by atoms with Crippen molar-refractivity contribution in [1.29, 1.82) is 0 Å². The van der Waals surface area contributed by atoms with E-state index in [-0.39, 0.29) is 0 Å². The minimum Gasteiger partial charge on any atom is -0.390 e. The molecule has 24 heavy (non-hydrogen) atoms. The summed E-state index contributed by atoms with van der Waals surface area (Å²) in [4.78, 5) is 0. The van der Waals surface area contributed by atoms with Crippen LogP contribution in [0, 0.1) is 0 Å². The Hall–Kier alpha value is 0.460. The molecule has 2 atom stereocenters. The van der Waals surface area contributed by atoms with Gasteiger partial charge in [-0.05, 0) is 13.8 Å². The van der Waals surface area contributed by atoms with E-state index in [1.165, 1.54) is 0 Å². The van der Waals surface area contributed by atoms with E-state index in [4.69, 9.17) is 18.9 Å². The van der Waals surface area contributed by atoms with Crippen LogP contribution < -0.4 is 0 Å². The van der Waals surface area contributed by atoms with Crippen LogP contribution in [0.3, 0.4) is 0 Å². The van der Waals surface area contributed by atoms with Crippen LogP contribution in [-0.4, -0.2) is 98.3 Å². The molecule has 0 bridgehead atoms. The van der Waals surface area contributed by atoms with Gasteiger partial charge in [-0.2, -0.15) is 23.5 Å². The van der Waals surface area contributed by atoms with Gasteiger partial charge in [-0.1, -0.05) is 0 Å². The molecular weight excluding hydrogens is 352 g/mol. The van der Waals surface area contributed by atoms with Gasteiger partial charge < -0.3 is 29.2 Å². The highest BCUT2D eigenvalue weighted by molar-refractivity contribution is 7.99. The van der Waals surface area contributed by atoms with Crippen molar-refractivity contribution in [3.63, 3.8) is 0 Å². The van der Waals surface area contributed by atoms with Gasteiger partial charge in [0.1, 0.15) is 0 Å². The lowest BCUT2D eigenvalue weighted by Crippen LogP contribution is -2.19. The summed E-state index contributed by atoms with van der Waals surface area (Å²) in [6.07, 6.45) is -0.800. The zero-order valence-electron chi connectivity index (χ0n) is 15.0. The summed E-state index contributed by atoms with van der Waals surface area (Å²) < 4.78 is 21.2. The first-order chi connectivity index (χ1) is 11.7. The van der Waals surface area contributed by atoms with Gasteiger partial charge in [0, 0.05) is 36.2 Å². The Morgan fingerprint density at radius 3 is 1.46 bits per heavy atom. The minimum absolute atomic E-state index is 0.400. The molecule has 0 fully saturated rings. The molecule has 0 heterocycles. The monoisotopic (exact) mass is 386 g/mol. The SMILES string of the molecule is CCOCC(O)CSCCOCCOCCSCC(O)COCC. The number of hydrogen-bond acceptors (Lipinski definition) is 8. The summed E-state index contributed by atoms with van der Waals surface area (Å²) in [6, 6.07) is 0. The summed E-state index contributed by atoms with van der Waals surface area (Å²) in [7, 11) is 0. The van der Waals surface area contributed by atoms with Gasteiger partial charge in [-0.3, -0.25) is 0 Å². The molecule has 146 valence electrons. The first-order valence-corrected chi connectivity index (χ1v) is 10.8. The van der Waals surface area contributed by atoms with Crippen molar-refractivity contribution in [1.82, 2.24) is 0 Å². The van der Waals surface area contributed by atoms with Crippen molar-refractivity contribution in [2.24, 2.45) is 0 Å². The van der Waals surface area contributed by atoms with Crippen LogP contribution in [-0.2, 0) is 18.9 Å². The standard InChI is InChI=1S/C16H34O6S2/c1-3-19-11-15(17)13-23-9-7-21-5-6-22-8-10-24-14-16(18)12-20-4-2/h15-18H,3-14H2,1-2H3. The lowest BCUT2D eigenvalue weighted by atomic mass is 10.4. The predicted molar refractivity (Wildman–Crippen MR) is 101 cm³/mol. The zero-order chi connectivity index (χ0) is 17.9. The van der Waals surface area contributed by atoms with Crippen LogP contribution in [0.2, 0.25) is 0 Å². The third-order valence-electron chi connectivity index (χ3n) is 2.77. The molecule has 0 aromatic carbocycles. The molecule has 2 N–H and O–H groups in total. The Balaban J connectivity index is 3.12. The summed E-state index contributed by atoms with van der Waals surface area (Å²) in [5.41, 5.74) is 0. The van der Waals surface area contributed by atoms with Gasteiger partial charge in [0.05, 0.1) is 51.8 Å². The van der Waals surface area contributed by atoms with Crippen LogP contribution in [0.4, 0.5) is 0 Å². The van der Waals surface area contributed by atoms with Crippen molar-refractivity contribution >= 4 is 23.5 Å². The lowest BCUT2D eigenvalue weighted by molar-refractivity contribution is 0.0540. The van der Waals surface area contributed by atoms with E-state index in [0.29, 0.717) is 64.4 Å². The lowest BCUT2D eigenvalue weighted by Gasteiger charge is -2.10. The number of aliphatic hydroxyl groups is 2. The molecule has 0 spiro atoms. The molecule has 0 aromatic rings. The Kier molecular flexibility index (Phi) is 20.2. The number of thioether (sulfide) groups is 2. The van der Waals surface area contributed by atoms with Crippen LogP contribution in [0.25, 0.3) is 0 Å². The predicted octanol–water partition coefficient (Wildman–Crippen LogP) is 1.28. The maximum Gasteiger partial charge on any atom is 0.0863 e. The highest BCUT2D eigenvalue weighted by atomic mass is 32.2. The Bertz CT molecular complexity index is 225. The Morgan fingerprint density at radius 2 is 1.08 bits per heavy atom. The molecule has 2 unspecified atom stereocenters. The van der Waals surface area contributed by atoms with Crippen LogP contribution in [0.1, 0.15) is 13.8 Å². The molecule has 0 saturated carbocycles. The number of rotatable bonds is 19. The second-order valence-corrected chi connectivity index (χ2v) is 7.30. The van der Waals surface area contributed by atoms with Gasteiger partial charge in [0.25, 0.3) is 0 Å². The summed E-state index contributed by atoms with van der Waals surface area (Å²) >= 11 is 3.32. The summed E-state index contributed by atoms with van der Waals surface area (Å²) in [5.74, 6) is 3.06. The average Bonchev–Trinajstić information content (AvgIpc) is 2.58. The fraction of sp³-hybridized carbons (Fsp3) is 1.00. The van der Waals surface area contributed by atoms with Crippen molar-refractivity contribution in [3.8, 4) is 0 Å². The maximum atomic E-state index is 9.57. The molecule has 0 radical (unpaired) electrons. The molecule has 0 amide bonds. The highest BCUT2D eigenvalue weighted by Gasteiger charge is 2.04. The number of hydrogen-bond donors (Lipinski definition) is 2. The van der Waals surface area contributed by atoms with E-state index < -0.39 is 12.2 Å². The smallest absolute Gasteiger partial charge is 0.0863 e. The molecular formula is C16H34O6S2. The van der Waals surface area contributed by atoms with E-state index >= 15 is 0 Å². The molecule has 8 heteroatoms. The fourth-order valence-electron chi connectivity index (χ4n) is 1.60. The Labute approximate surface area is 155 Å². The average molecular weight is 387 g/mol. The van der Waals surface area contributed by atoms with E-state index in [9.17, 15) is 10.2 Å². The molecule has 0 aliphatic carbocycles. The highest BCUT2D eigenvalue weighted by Crippen LogP contribution is 2.04. The topological polar surface area (TPSA) is 77.4 Å².